The number of hydrogen-bond acceptors (Lipinski definition) is 5. The first-order valence-corrected chi connectivity index (χ1v) is 4.58. The normalized spacial score (nSPS) is 20.1. The first kappa shape index (κ1) is 9.92. The minimum atomic E-state index is -0.841. The van der Waals surface area contributed by atoms with Gasteiger partial charge in [0, 0.05) is 6.20 Å². The molecule has 1 aromatic heterocycles. The molecule has 2 heterocycles. The average Bonchev–Trinajstić information content (AvgIpc) is 2.38. The SMILES string of the molecule is COc1nccc2c1COC(=O)C[C@H]2O. The maximum Gasteiger partial charge on any atom is 0.309 e. The first-order chi connectivity index (χ1) is 7.22. The lowest BCUT2D eigenvalue weighted by atomic mass is 10.0. The number of esters is 1. The zero-order valence-electron chi connectivity index (χ0n) is 8.27. The van der Waals surface area contributed by atoms with Gasteiger partial charge in [0.05, 0.1) is 25.2 Å². The monoisotopic (exact) mass is 209 g/mol. The van der Waals surface area contributed by atoms with Crippen LogP contribution in [0.1, 0.15) is 23.7 Å². The summed E-state index contributed by atoms with van der Waals surface area (Å²) in [5.74, 6) is -0.0259. The van der Waals surface area contributed by atoms with E-state index < -0.39 is 12.1 Å². The van der Waals surface area contributed by atoms with Crippen LogP contribution in [0.3, 0.4) is 0 Å². The van der Waals surface area contributed by atoms with Crippen molar-refractivity contribution in [2.45, 2.75) is 19.1 Å². The zero-order chi connectivity index (χ0) is 10.8. The van der Waals surface area contributed by atoms with Crippen molar-refractivity contribution >= 4 is 5.97 Å². The largest absolute Gasteiger partial charge is 0.481 e. The Morgan fingerprint density at radius 3 is 3.20 bits per heavy atom. The first-order valence-electron chi connectivity index (χ1n) is 4.58. The number of hydrogen-bond donors (Lipinski definition) is 1. The quantitative estimate of drug-likeness (QED) is 0.685. The molecule has 5 heteroatoms. The Kier molecular flexibility index (Phi) is 2.55. The minimum absolute atomic E-state index is 0.0276. The van der Waals surface area contributed by atoms with E-state index in [0.717, 1.165) is 0 Å². The van der Waals surface area contributed by atoms with Crippen LogP contribution in [0.15, 0.2) is 12.3 Å². The van der Waals surface area contributed by atoms with Gasteiger partial charge in [0.1, 0.15) is 6.61 Å². The molecule has 0 aromatic carbocycles. The van der Waals surface area contributed by atoms with Crippen molar-refractivity contribution in [1.82, 2.24) is 4.98 Å². The van der Waals surface area contributed by atoms with Gasteiger partial charge in [-0.25, -0.2) is 4.98 Å². The van der Waals surface area contributed by atoms with Gasteiger partial charge in [0.2, 0.25) is 5.88 Å². The number of aromatic nitrogens is 1. The number of ether oxygens (including phenoxy) is 2. The van der Waals surface area contributed by atoms with E-state index in [4.69, 9.17) is 9.47 Å². The van der Waals surface area contributed by atoms with Crippen LogP contribution in [0.5, 0.6) is 5.88 Å². The van der Waals surface area contributed by atoms with Crippen molar-refractivity contribution in [3.05, 3.63) is 23.4 Å². The smallest absolute Gasteiger partial charge is 0.309 e. The van der Waals surface area contributed by atoms with E-state index in [-0.39, 0.29) is 13.0 Å². The third kappa shape index (κ3) is 1.78. The van der Waals surface area contributed by atoms with E-state index in [1.807, 2.05) is 0 Å². The number of carbonyl (C=O) groups excluding carboxylic acids is 1. The molecular weight excluding hydrogens is 198 g/mol. The number of methoxy groups -OCH3 is 1. The van der Waals surface area contributed by atoms with Crippen LogP contribution in [-0.2, 0) is 16.1 Å². The fourth-order valence-electron chi connectivity index (χ4n) is 1.60. The summed E-state index contributed by atoms with van der Waals surface area (Å²) in [6.07, 6.45) is 0.670. The number of cyclic esters (lactones) is 1. The van der Waals surface area contributed by atoms with Gasteiger partial charge in [-0.3, -0.25) is 4.79 Å². The van der Waals surface area contributed by atoms with Crippen molar-refractivity contribution in [2.24, 2.45) is 0 Å². The molecular formula is C10H11NO4. The Morgan fingerprint density at radius 2 is 2.47 bits per heavy atom. The Balaban J connectivity index is 2.47. The number of aliphatic hydroxyl groups is 1. The molecule has 1 atom stereocenters. The molecule has 0 amide bonds. The molecule has 5 nitrogen and oxygen atoms in total. The van der Waals surface area contributed by atoms with Gasteiger partial charge in [0.25, 0.3) is 0 Å². The highest BCUT2D eigenvalue weighted by Gasteiger charge is 2.24. The minimum Gasteiger partial charge on any atom is -0.481 e. The van der Waals surface area contributed by atoms with Gasteiger partial charge in [-0.1, -0.05) is 0 Å². The highest BCUT2D eigenvalue weighted by Crippen LogP contribution is 2.30. The summed E-state index contributed by atoms with van der Waals surface area (Å²) in [6.45, 7) is 0.0994. The molecule has 0 spiro atoms. The second-order valence-corrected chi connectivity index (χ2v) is 3.27. The number of aliphatic hydroxyl groups excluding tert-OH is 1. The molecule has 0 aliphatic carbocycles. The van der Waals surface area contributed by atoms with E-state index in [2.05, 4.69) is 4.98 Å². The van der Waals surface area contributed by atoms with Crippen LogP contribution in [0.4, 0.5) is 0 Å². The standard InChI is InChI=1S/C10H11NO4/c1-14-10-7-5-15-9(13)4-8(12)6(7)2-3-11-10/h2-3,8,12H,4-5H2,1H3/t8-/m1/s1. The van der Waals surface area contributed by atoms with E-state index in [0.29, 0.717) is 17.0 Å². The second kappa shape index (κ2) is 3.86. The van der Waals surface area contributed by atoms with Crippen LogP contribution < -0.4 is 4.74 Å². The molecule has 80 valence electrons. The van der Waals surface area contributed by atoms with Crippen LogP contribution in [-0.4, -0.2) is 23.2 Å². The lowest BCUT2D eigenvalue weighted by Crippen LogP contribution is -2.04. The lowest BCUT2D eigenvalue weighted by Gasteiger charge is -2.11. The summed E-state index contributed by atoms with van der Waals surface area (Å²) in [4.78, 5) is 15.1. The van der Waals surface area contributed by atoms with Crippen LogP contribution in [0.25, 0.3) is 0 Å². The number of carbonyl (C=O) groups is 1. The fourth-order valence-corrected chi connectivity index (χ4v) is 1.60. The molecule has 1 aliphatic rings. The topological polar surface area (TPSA) is 68.7 Å². The second-order valence-electron chi connectivity index (χ2n) is 3.27. The molecule has 1 N–H and O–H groups in total. The molecule has 0 saturated carbocycles. The van der Waals surface area contributed by atoms with Crippen molar-refractivity contribution in [1.29, 1.82) is 0 Å². The van der Waals surface area contributed by atoms with Crippen molar-refractivity contribution in [2.75, 3.05) is 7.11 Å². The van der Waals surface area contributed by atoms with E-state index in [1.54, 1.807) is 6.07 Å². The van der Waals surface area contributed by atoms with E-state index in [1.165, 1.54) is 13.3 Å². The van der Waals surface area contributed by atoms with Gasteiger partial charge in [-0.05, 0) is 11.6 Å². The summed E-state index contributed by atoms with van der Waals surface area (Å²) in [5, 5.41) is 9.75. The molecule has 0 saturated heterocycles. The summed E-state index contributed by atoms with van der Waals surface area (Å²) >= 11 is 0. The third-order valence-corrected chi connectivity index (χ3v) is 2.34. The number of nitrogens with zero attached hydrogens (tertiary/aromatic N) is 1. The average molecular weight is 209 g/mol. The van der Waals surface area contributed by atoms with Crippen molar-refractivity contribution in [3.8, 4) is 5.88 Å². The predicted octanol–water partition coefficient (Wildman–Crippen LogP) is 0.571. The molecule has 0 unspecified atom stereocenters. The molecule has 2 rings (SSSR count). The Morgan fingerprint density at radius 1 is 1.67 bits per heavy atom. The number of fused-ring (bicyclic) bond motifs is 1. The Bertz CT molecular complexity index is 391. The summed E-state index contributed by atoms with van der Waals surface area (Å²) < 4.78 is 9.96. The van der Waals surface area contributed by atoms with E-state index >= 15 is 0 Å². The van der Waals surface area contributed by atoms with Gasteiger partial charge >= 0.3 is 5.97 Å². The molecule has 0 bridgehead atoms. The van der Waals surface area contributed by atoms with Gasteiger partial charge < -0.3 is 14.6 Å². The maximum atomic E-state index is 11.1. The van der Waals surface area contributed by atoms with Crippen LogP contribution in [0.2, 0.25) is 0 Å². The number of rotatable bonds is 1. The maximum absolute atomic E-state index is 11.1. The highest BCUT2D eigenvalue weighted by atomic mass is 16.5. The fraction of sp³-hybridized carbons (Fsp3) is 0.400. The zero-order valence-corrected chi connectivity index (χ0v) is 8.27. The molecule has 15 heavy (non-hydrogen) atoms. The summed E-state index contributed by atoms with van der Waals surface area (Å²) in [6, 6.07) is 1.67. The Labute approximate surface area is 86.7 Å². The molecule has 1 aromatic rings. The Hall–Kier alpha value is -1.62. The van der Waals surface area contributed by atoms with Crippen LogP contribution >= 0.6 is 0 Å². The summed E-state index contributed by atoms with van der Waals surface area (Å²) in [7, 11) is 1.49. The number of pyridine rings is 1. The highest BCUT2D eigenvalue weighted by molar-refractivity contribution is 5.71. The van der Waals surface area contributed by atoms with Gasteiger partial charge in [0.15, 0.2) is 0 Å². The molecule has 0 fully saturated rings. The van der Waals surface area contributed by atoms with Gasteiger partial charge in [-0.15, -0.1) is 0 Å². The molecule has 0 radical (unpaired) electrons. The van der Waals surface area contributed by atoms with Crippen molar-refractivity contribution in [3.63, 3.8) is 0 Å². The van der Waals surface area contributed by atoms with Gasteiger partial charge in [-0.2, -0.15) is 0 Å². The summed E-state index contributed by atoms with van der Waals surface area (Å²) in [5.41, 5.74) is 1.28. The molecule has 1 aliphatic heterocycles. The third-order valence-electron chi connectivity index (χ3n) is 2.34. The lowest BCUT2D eigenvalue weighted by molar-refractivity contribution is -0.146. The van der Waals surface area contributed by atoms with Crippen molar-refractivity contribution < 1.29 is 19.4 Å². The van der Waals surface area contributed by atoms with Crippen LogP contribution in [0, 0.1) is 0 Å². The predicted molar refractivity (Wildman–Crippen MR) is 50.2 cm³/mol. The van der Waals surface area contributed by atoms with E-state index in [9.17, 15) is 9.90 Å².